The Morgan fingerprint density at radius 1 is 0.606 bits per heavy atom. The summed E-state index contributed by atoms with van der Waals surface area (Å²) in [6.07, 6.45) is 3.02. The molecule has 33 heavy (non-hydrogen) atoms. The first kappa shape index (κ1) is 28.7. The van der Waals surface area contributed by atoms with E-state index in [4.69, 9.17) is 15.3 Å². The Bertz CT molecular complexity index is 921. The van der Waals surface area contributed by atoms with E-state index >= 15 is 0 Å². The van der Waals surface area contributed by atoms with E-state index in [9.17, 15) is 0 Å². The van der Waals surface area contributed by atoms with Crippen LogP contribution in [0.4, 0.5) is 0 Å². The molecule has 7 heteroatoms. The number of hydrogen-bond donors (Lipinski definition) is 0. The molecular formula is C26H40MnN6. The van der Waals surface area contributed by atoms with Gasteiger partial charge in [-0.3, -0.25) is 0 Å². The molecule has 1 radical (unpaired) electrons. The van der Waals surface area contributed by atoms with Crippen molar-refractivity contribution >= 4 is 0 Å². The van der Waals surface area contributed by atoms with E-state index in [-0.39, 0.29) is 23.4 Å². The minimum atomic E-state index is -0.257. The fraction of sp³-hybridized carbons (Fsp3) is 0.500. The zero-order valence-electron chi connectivity index (χ0n) is 21.7. The Kier molecular flexibility index (Phi) is 10.6. The van der Waals surface area contributed by atoms with Gasteiger partial charge < -0.3 is 0 Å². The van der Waals surface area contributed by atoms with Crippen LogP contribution in [-0.2, 0) is 17.1 Å². The molecule has 3 heterocycles. The second-order valence-electron chi connectivity index (χ2n) is 9.25. The SMILES string of the molecule is C=CC=C.Cc1cc(C(C)C)nn1C(n1nc(C(C)C)cc1C)n1nc(C(C)C)cc1C.[Mn]. The summed E-state index contributed by atoms with van der Waals surface area (Å²) in [5.74, 6) is 1.11. The van der Waals surface area contributed by atoms with Crippen molar-refractivity contribution in [3.63, 3.8) is 0 Å². The maximum Gasteiger partial charge on any atom is 0.238 e. The van der Waals surface area contributed by atoms with E-state index in [0.29, 0.717) is 17.8 Å². The van der Waals surface area contributed by atoms with Gasteiger partial charge in [-0.25, -0.2) is 14.0 Å². The second-order valence-corrected chi connectivity index (χ2v) is 9.25. The Morgan fingerprint density at radius 2 is 0.848 bits per heavy atom. The number of allylic oxidation sites excluding steroid dienone is 2. The third-order valence-electron chi connectivity index (χ3n) is 5.42. The molecule has 181 valence electrons. The number of nitrogens with zero attached hydrogens (tertiary/aromatic N) is 6. The largest absolute Gasteiger partial charge is 0.238 e. The predicted molar refractivity (Wildman–Crippen MR) is 133 cm³/mol. The van der Waals surface area contributed by atoms with Crippen LogP contribution in [0.15, 0.2) is 43.5 Å². The topological polar surface area (TPSA) is 53.5 Å². The first-order valence-corrected chi connectivity index (χ1v) is 11.4. The average Bonchev–Trinajstić information content (AvgIpc) is 3.41. The molecular weight excluding hydrogens is 451 g/mol. The van der Waals surface area contributed by atoms with Crippen molar-refractivity contribution in [2.24, 2.45) is 0 Å². The van der Waals surface area contributed by atoms with Crippen LogP contribution in [0.25, 0.3) is 0 Å². The number of aryl methyl sites for hydroxylation is 3. The smallest absolute Gasteiger partial charge is 0.224 e. The van der Waals surface area contributed by atoms with Crippen LogP contribution in [0.3, 0.4) is 0 Å². The zero-order chi connectivity index (χ0) is 24.2. The van der Waals surface area contributed by atoms with Crippen LogP contribution in [0.2, 0.25) is 0 Å². The van der Waals surface area contributed by atoms with Gasteiger partial charge in [-0.15, -0.1) is 0 Å². The summed E-state index contributed by atoms with van der Waals surface area (Å²) in [7, 11) is 0. The number of aromatic nitrogens is 6. The molecule has 0 fully saturated rings. The van der Waals surface area contributed by atoms with Gasteiger partial charge in [-0.2, -0.15) is 15.3 Å². The number of hydrogen-bond acceptors (Lipinski definition) is 3. The zero-order valence-corrected chi connectivity index (χ0v) is 22.9. The minimum absolute atomic E-state index is 0. The quantitative estimate of drug-likeness (QED) is 0.281. The number of rotatable bonds is 7. The van der Waals surface area contributed by atoms with E-state index in [0.717, 1.165) is 34.2 Å². The van der Waals surface area contributed by atoms with Gasteiger partial charge in [0.05, 0.1) is 17.1 Å². The van der Waals surface area contributed by atoms with Crippen LogP contribution in [0.1, 0.15) is 99.7 Å². The van der Waals surface area contributed by atoms with Gasteiger partial charge in [0, 0.05) is 34.2 Å². The van der Waals surface area contributed by atoms with E-state index in [1.807, 2.05) is 0 Å². The maximum absolute atomic E-state index is 4.95. The third kappa shape index (κ3) is 6.58. The average molecular weight is 492 g/mol. The molecule has 3 aromatic heterocycles. The normalized spacial score (nSPS) is 11.1. The molecule has 0 aromatic carbocycles. The van der Waals surface area contributed by atoms with E-state index in [2.05, 4.69) is 108 Å². The molecule has 0 amide bonds. The predicted octanol–water partition coefficient (Wildman–Crippen LogP) is 6.48. The van der Waals surface area contributed by atoms with Crippen molar-refractivity contribution in [1.82, 2.24) is 29.3 Å². The molecule has 0 aliphatic heterocycles. The van der Waals surface area contributed by atoms with Gasteiger partial charge >= 0.3 is 0 Å². The summed E-state index contributed by atoms with van der Waals surface area (Å²) < 4.78 is 6.18. The molecule has 0 saturated heterocycles. The summed E-state index contributed by atoms with van der Waals surface area (Å²) in [6.45, 7) is 26.1. The first-order chi connectivity index (χ1) is 15.0. The van der Waals surface area contributed by atoms with Crippen LogP contribution >= 0.6 is 0 Å². The Hall–Kier alpha value is -2.37. The fourth-order valence-corrected chi connectivity index (χ4v) is 3.40. The van der Waals surface area contributed by atoms with Crippen LogP contribution in [-0.4, -0.2) is 29.3 Å². The monoisotopic (exact) mass is 491 g/mol. The molecule has 0 bridgehead atoms. The standard InChI is InChI=1S/C22H34N6.C4H6.Mn/c1-13(2)19-10-16(7)26(23-19)22(27-17(8)11-20(24-27)14(3)4)28-18(9)12-21(25-28)15(5)6;1-3-4-2;/h10-15,22H,1-9H3;3-4H,1-2H2;. The molecule has 0 unspecified atom stereocenters. The Balaban J connectivity index is 0.00000101. The molecule has 0 N–H and O–H groups in total. The molecule has 3 rings (SSSR count). The van der Waals surface area contributed by atoms with Gasteiger partial charge in [0.25, 0.3) is 0 Å². The van der Waals surface area contributed by atoms with Crippen molar-refractivity contribution in [3.05, 3.63) is 77.7 Å². The first-order valence-electron chi connectivity index (χ1n) is 11.4. The van der Waals surface area contributed by atoms with Gasteiger partial charge in [-0.1, -0.05) is 66.9 Å². The van der Waals surface area contributed by atoms with Crippen LogP contribution in [0.5, 0.6) is 0 Å². The van der Waals surface area contributed by atoms with E-state index < -0.39 is 0 Å². The van der Waals surface area contributed by atoms with E-state index in [1.54, 1.807) is 12.2 Å². The van der Waals surface area contributed by atoms with Crippen molar-refractivity contribution < 1.29 is 17.1 Å². The molecule has 3 aromatic rings. The summed E-state index contributed by atoms with van der Waals surface area (Å²) in [5.41, 5.74) is 6.59. The minimum Gasteiger partial charge on any atom is -0.224 e. The molecule has 0 atom stereocenters. The second kappa shape index (κ2) is 12.2. The molecule has 0 spiro atoms. The molecule has 0 aliphatic rings. The molecule has 0 aliphatic carbocycles. The van der Waals surface area contributed by atoms with Crippen molar-refractivity contribution in [2.75, 3.05) is 0 Å². The van der Waals surface area contributed by atoms with E-state index in [1.165, 1.54) is 0 Å². The summed E-state index contributed by atoms with van der Waals surface area (Å²) >= 11 is 0. The molecule has 0 saturated carbocycles. The van der Waals surface area contributed by atoms with Crippen molar-refractivity contribution in [1.29, 1.82) is 0 Å². The van der Waals surface area contributed by atoms with Gasteiger partial charge in [0.1, 0.15) is 0 Å². The summed E-state index contributed by atoms with van der Waals surface area (Å²) in [6, 6.07) is 6.51. The van der Waals surface area contributed by atoms with Gasteiger partial charge in [0.15, 0.2) is 0 Å². The van der Waals surface area contributed by atoms with Crippen molar-refractivity contribution in [2.45, 2.75) is 86.4 Å². The van der Waals surface area contributed by atoms with Crippen molar-refractivity contribution in [3.8, 4) is 0 Å². The van der Waals surface area contributed by atoms with Crippen LogP contribution in [0, 0.1) is 20.8 Å². The fourth-order valence-electron chi connectivity index (χ4n) is 3.40. The third-order valence-corrected chi connectivity index (χ3v) is 5.42. The molecule has 6 nitrogen and oxygen atoms in total. The van der Waals surface area contributed by atoms with Crippen LogP contribution < -0.4 is 0 Å². The Labute approximate surface area is 210 Å². The van der Waals surface area contributed by atoms with Gasteiger partial charge in [0.2, 0.25) is 6.29 Å². The van der Waals surface area contributed by atoms with Gasteiger partial charge in [-0.05, 0) is 56.7 Å². The summed E-state index contributed by atoms with van der Waals surface area (Å²) in [5, 5.41) is 14.8. The Morgan fingerprint density at radius 3 is 1.00 bits per heavy atom. The maximum atomic E-state index is 4.95. The summed E-state index contributed by atoms with van der Waals surface area (Å²) in [4.78, 5) is 0.